The molecule has 24 heavy (non-hydrogen) atoms. The number of imide groups is 1. The molecule has 0 radical (unpaired) electrons. The summed E-state index contributed by atoms with van der Waals surface area (Å²) in [6.07, 6.45) is 0.326. The smallest absolute Gasteiger partial charge is 0.325 e. The van der Waals surface area contributed by atoms with E-state index in [-0.39, 0.29) is 37.5 Å². The van der Waals surface area contributed by atoms with Gasteiger partial charge in [0.05, 0.1) is 0 Å². The zero-order valence-electron chi connectivity index (χ0n) is 13.4. The van der Waals surface area contributed by atoms with Crippen LogP contribution in [0.3, 0.4) is 0 Å². The number of ether oxygens (including phenoxy) is 1. The third kappa shape index (κ3) is 4.31. The first-order chi connectivity index (χ1) is 11.2. The van der Waals surface area contributed by atoms with Crippen molar-refractivity contribution in [2.45, 2.75) is 38.8 Å². The van der Waals surface area contributed by atoms with Gasteiger partial charge in [-0.15, -0.1) is 0 Å². The molecule has 1 saturated heterocycles. The fourth-order valence-corrected chi connectivity index (χ4v) is 2.60. The second kappa shape index (κ2) is 7.29. The van der Waals surface area contributed by atoms with Crippen molar-refractivity contribution in [1.82, 2.24) is 10.2 Å². The molecule has 8 heteroatoms. The van der Waals surface area contributed by atoms with Gasteiger partial charge in [0.25, 0.3) is 5.91 Å². The predicted octanol–water partition coefficient (Wildman–Crippen LogP) is 2.74. The number of rotatable bonds is 6. The van der Waals surface area contributed by atoms with E-state index in [1.54, 1.807) is 19.9 Å². The Labute approximate surface area is 147 Å². The van der Waals surface area contributed by atoms with Gasteiger partial charge in [0, 0.05) is 23.0 Å². The van der Waals surface area contributed by atoms with Gasteiger partial charge in [-0.25, -0.2) is 9.18 Å². The summed E-state index contributed by atoms with van der Waals surface area (Å²) in [4.78, 5) is 36.4. The second-order valence-electron chi connectivity index (χ2n) is 6.01. The number of urea groups is 1. The monoisotopic (exact) mass is 400 g/mol. The Kier molecular flexibility index (Phi) is 5.58. The molecular formula is C16H18BrFN2O4. The minimum Gasteiger partial charge on any atom is -0.461 e. The summed E-state index contributed by atoms with van der Waals surface area (Å²) in [5, 5.41) is 2.56. The first-order valence-electron chi connectivity index (χ1n) is 7.44. The molecule has 0 aliphatic carbocycles. The van der Waals surface area contributed by atoms with Crippen LogP contribution in [0, 0.1) is 5.82 Å². The van der Waals surface area contributed by atoms with E-state index in [4.69, 9.17) is 4.74 Å². The van der Waals surface area contributed by atoms with Crippen molar-refractivity contribution >= 4 is 33.8 Å². The van der Waals surface area contributed by atoms with Crippen LogP contribution in [0.1, 0.15) is 32.3 Å². The molecule has 130 valence electrons. The molecule has 1 fully saturated rings. The molecule has 0 spiro atoms. The normalized spacial score (nSPS) is 16.2. The Hall–Kier alpha value is -1.96. The molecule has 2 rings (SSSR count). The Morgan fingerprint density at radius 2 is 2.08 bits per heavy atom. The molecule has 0 unspecified atom stereocenters. The molecule has 1 aromatic rings. The molecule has 0 bridgehead atoms. The highest BCUT2D eigenvalue weighted by molar-refractivity contribution is 9.10. The predicted molar refractivity (Wildman–Crippen MR) is 87.5 cm³/mol. The maximum atomic E-state index is 13.6. The highest BCUT2D eigenvalue weighted by Gasteiger charge is 2.43. The van der Waals surface area contributed by atoms with Crippen LogP contribution in [-0.2, 0) is 20.9 Å². The van der Waals surface area contributed by atoms with Crippen LogP contribution in [-0.4, -0.2) is 34.9 Å². The van der Waals surface area contributed by atoms with Crippen LogP contribution >= 0.6 is 15.9 Å². The number of hydrogen-bond acceptors (Lipinski definition) is 4. The van der Waals surface area contributed by atoms with Gasteiger partial charge in [-0.3, -0.25) is 14.5 Å². The van der Waals surface area contributed by atoms with E-state index >= 15 is 0 Å². The molecule has 1 aliphatic heterocycles. The van der Waals surface area contributed by atoms with Crippen LogP contribution in [0.15, 0.2) is 22.7 Å². The Morgan fingerprint density at radius 1 is 1.38 bits per heavy atom. The van der Waals surface area contributed by atoms with Crippen molar-refractivity contribution in [3.05, 3.63) is 34.1 Å². The lowest BCUT2D eigenvalue weighted by Crippen LogP contribution is -2.40. The molecule has 6 nitrogen and oxygen atoms in total. The molecule has 0 saturated carbocycles. The number of halogens is 2. The Morgan fingerprint density at radius 3 is 2.67 bits per heavy atom. The van der Waals surface area contributed by atoms with Gasteiger partial charge in [0.2, 0.25) is 0 Å². The Bertz CT molecular complexity index is 678. The van der Waals surface area contributed by atoms with E-state index in [0.717, 1.165) is 4.90 Å². The lowest BCUT2D eigenvalue weighted by Gasteiger charge is -2.15. The van der Waals surface area contributed by atoms with Gasteiger partial charge in [-0.2, -0.15) is 0 Å². The van der Waals surface area contributed by atoms with Crippen LogP contribution in [0.5, 0.6) is 0 Å². The summed E-state index contributed by atoms with van der Waals surface area (Å²) in [6, 6.07) is 4.02. The van der Waals surface area contributed by atoms with E-state index < -0.39 is 23.4 Å². The molecule has 1 heterocycles. The average molecular weight is 401 g/mol. The topological polar surface area (TPSA) is 75.7 Å². The summed E-state index contributed by atoms with van der Waals surface area (Å²) in [5.41, 5.74) is -0.640. The van der Waals surface area contributed by atoms with Crippen molar-refractivity contribution in [1.29, 1.82) is 0 Å². The lowest BCUT2D eigenvalue weighted by molar-refractivity contribution is -0.145. The number of nitrogens with zero attached hydrogens (tertiary/aromatic N) is 1. The molecular weight excluding hydrogens is 383 g/mol. The average Bonchev–Trinajstić information content (AvgIpc) is 2.68. The minimum absolute atomic E-state index is 0.0373. The lowest BCUT2D eigenvalue weighted by atomic mass is 10.1. The summed E-state index contributed by atoms with van der Waals surface area (Å²) >= 11 is 3.15. The molecule has 1 N–H and O–H groups in total. The summed E-state index contributed by atoms with van der Waals surface area (Å²) in [7, 11) is 0. The highest BCUT2D eigenvalue weighted by Crippen LogP contribution is 2.18. The van der Waals surface area contributed by atoms with Gasteiger partial charge in [-0.1, -0.05) is 22.0 Å². The fraction of sp³-hybridized carbons (Fsp3) is 0.438. The largest absolute Gasteiger partial charge is 0.461 e. The summed E-state index contributed by atoms with van der Waals surface area (Å²) in [6.45, 7) is 3.21. The standard InChI is InChI=1S/C16H18BrFN2O4/c1-16(2)14(22)20(15(23)19-16)7-3-4-13(21)24-9-10-5-6-11(17)8-12(10)18/h5-6,8H,3-4,7,9H2,1-2H3,(H,19,23). The van der Waals surface area contributed by atoms with E-state index in [2.05, 4.69) is 21.2 Å². The van der Waals surface area contributed by atoms with Crippen LogP contribution < -0.4 is 5.32 Å². The quantitative estimate of drug-likeness (QED) is 0.588. The number of carbonyl (C=O) groups excluding carboxylic acids is 3. The zero-order valence-corrected chi connectivity index (χ0v) is 15.0. The molecule has 0 aromatic heterocycles. The van der Waals surface area contributed by atoms with E-state index in [1.165, 1.54) is 12.1 Å². The third-order valence-electron chi connectivity index (χ3n) is 3.61. The number of esters is 1. The van der Waals surface area contributed by atoms with Crippen LogP contribution in [0.4, 0.5) is 9.18 Å². The molecule has 1 aromatic carbocycles. The maximum Gasteiger partial charge on any atom is 0.325 e. The molecule has 3 amide bonds. The SMILES string of the molecule is CC1(C)NC(=O)N(CCCC(=O)OCc2ccc(Br)cc2F)C1=O. The zero-order chi connectivity index (χ0) is 17.9. The van der Waals surface area contributed by atoms with Crippen molar-refractivity contribution in [3.63, 3.8) is 0 Å². The molecule has 1 aliphatic rings. The van der Waals surface area contributed by atoms with Crippen molar-refractivity contribution in [3.8, 4) is 0 Å². The van der Waals surface area contributed by atoms with Gasteiger partial charge in [-0.05, 0) is 32.4 Å². The van der Waals surface area contributed by atoms with Crippen molar-refractivity contribution in [2.75, 3.05) is 6.54 Å². The first kappa shape index (κ1) is 18.4. The molecule has 0 atom stereocenters. The van der Waals surface area contributed by atoms with Crippen LogP contribution in [0.2, 0.25) is 0 Å². The van der Waals surface area contributed by atoms with E-state index in [1.807, 2.05) is 0 Å². The minimum atomic E-state index is -0.920. The van der Waals surface area contributed by atoms with Crippen LogP contribution in [0.25, 0.3) is 0 Å². The second-order valence-corrected chi connectivity index (χ2v) is 6.93. The highest BCUT2D eigenvalue weighted by atomic mass is 79.9. The van der Waals surface area contributed by atoms with Gasteiger partial charge in [0.15, 0.2) is 0 Å². The summed E-state index contributed by atoms with van der Waals surface area (Å²) < 4.78 is 19.2. The number of amides is 3. The van der Waals surface area contributed by atoms with E-state index in [9.17, 15) is 18.8 Å². The van der Waals surface area contributed by atoms with Gasteiger partial charge >= 0.3 is 12.0 Å². The number of nitrogens with one attached hydrogen (secondary N) is 1. The van der Waals surface area contributed by atoms with Gasteiger partial charge in [0.1, 0.15) is 18.0 Å². The Balaban J connectivity index is 1.76. The first-order valence-corrected chi connectivity index (χ1v) is 8.23. The maximum absolute atomic E-state index is 13.6. The summed E-state index contributed by atoms with van der Waals surface area (Å²) in [5.74, 6) is -1.29. The third-order valence-corrected chi connectivity index (χ3v) is 4.10. The fourth-order valence-electron chi connectivity index (χ4n) is 2.27. The number of carbonyl (C=O) groups is 3. The van der Waals surface area contributed by atoms with Crippen molar-refractivity contribution < 1.29 is 23.5 Å². The number of hydrogen-bond donors (Lipinski definition) is 1. The van der Waals surface area contributed by atoms with Gasteiger partial charge < -0.3 is 10.1 Å². The van der Waals surface area contributed by atoms with Crippen molar-refractivity contribution in [2.24, 2.45) is 0 Å². The van der Waals surface area contributed by atoms with E-state index in [0.29, 0.717) is 4.47 Å². The number of benzene rings is 1.